The predicted octanol–water partition coefficient (Wildman–Crippen LogP) is 0.962. The number of ketones is 1. The molecule has 4 atom stereocenters. The van der Waals surface area contributed by atoms with Crippen LogP contribution in [-0.4, -0.2) is 39.4 Å². The molecule has 0 spiro atoms. The molecule has 0 aromatic carbocycles. The molecule has 3 N–H and O–H groups in total. The van der Waals surface area contributed by atoms with Crippen molar-refractivity contribution >= 4 is 5.78 Å². The highest BCUT2D eigenvalue weighted by Crippen LogP contribution is 2.53. The molecule has 106 valence electrons. The van der Waals surface area contributed by atoms with E-state index in [4.69, 9.17) is 0 Å². The summed E-state index contributed by atoms with van der Waals surface area (Å²) in [6.07, 6.45) is 2.43. The summed E-state index contributed by atoms with van der Waals surface area (Å²) in [5.41, 5.74) is -1.30. The van der Waals surface area contributed by atoms with Crippen LogP contribution in [-0.2, 0) is 4.79 Å². The van der Waals surface area contributed by atoms with Gasteiger partial charge in [0, 0.05) is 0 Å². The third-order valence-corrected chi connectivity index (χ3v) is 5.07. The lowest BCUT2D eigenvalue weighted by Gasteiger charge is -2.50. The zero-order valence-electron chi connectivity index (χ0n) is 11.5. The first kappa shape index (κ1) is 14.4. The van der Waals surface area contributed by atoms with E-state index >= 15 is 0 Å². The van der Waals surface area contributed by atoms with E-state index in [1.54, 1.807) is 0 Å². The molecule has 0 heterocycles. The number of hydrogen-bond donors (Lipinski definition) is 3. The van der Waals surface area contributed by atoms with E-state index in [0.717, 1.165) is 6.42 Å². The molecule has 1 saturated carbocycles. The number of carbonyl (C=O) groups is 1. The van der Waals surface area contributed by atoms with Crippen molar-refractivity contribution in [3.05, 3.63) is 23.8 Å². The smallest absolute Gasteiger partial charge is 0.191 e. The summed E-state index contributed by atoms with van der Waals surface area (Å²) >= 11 is 0. The van der Waals surface area contributed by atoms with E-state index in [1.165, 1.54) is 6.08 Å². The molecule has 0 saturated heterocycles. The Morgan fingerprint density at radius 1 is 1.53 bits per heavy atom. The molecule has 2 aliphatic rings. The van der Waals surface area contributed by atoms with Crippen LogP contribution in [0, 0.1) is 11.3 Å². The van der Waals surface area contributed by atoms with E-state index in [1.807, 2.05) is 6.92 Å². The fourth-order valence-electron chi connectivity index (χ4n) is 3.39. The van der Waals surface area contributed by atoms with Gasteiger partial charge in [-0.25, -0.2) is 0 Å². The van der Waals surface area contributed by atoms with Crippen molar-refractivity contribution in [2.75, 3.05) is 6.61 Å². The van der Waals surface area contributed by atoms with Crippen molar-refractivity contribution in [2.24, 2.45) is 11.3 Å². The van der Waals surface area contributed by atoms with Crippen LogP contribution in [0.4, 0.5) is 0 Å². The maximum atomic E-state index is 12.2. The summed E-state index contributed by atoms with van der Waals surface area (Å²) in [6, 6.07) is 0. The molecule has 4 nitrogen and oxygen atoms in total. The molecule has 2 rings (SSSR count). The van der Waals surface area contributed by atoms with Gasteiger partial charge in [-0.3, -0.25) is 4.79 Å². The van der Waals surface area contributed by atoms with E-state index in [2.05, 4.69) is 13.5 Å². The highest BCUT2D eigenvalue weighted by atomic mass is 16.3. The van der Waals surface area contributed by atoms with Crippen molar-refractivity contribution < 1.29 is 20.1 Å². The molecule has 0 radical (unpaired) electrons. The number of fused-ring (bicyclic) bond motifs is 1. The molecule has 0 aromatic heterocycles. The molecule has 0 unspecified atom stereocenters. The molecular weight excluding hydrogens is 244 g/mol. The standard InChI is InChI=1S/C15H22O4/c1-9-4-5-12(17)11-6-13(18)15(19,10(2)7-16)8-14(9,11)3/h6,9,12,16-17,19H,2,4-5,7-8H2,1,3H3/t9-,12+,14+,15+/m1/s1. The van der Waals surface area contributed by atoms with Gasteiger partial charge in [-0.2, -0.15) is 0 Å². The lowest BCUT2D eigenvalue weighted by Crippen LogP contribution is -2.53. The Kier molecular flexibility index (Phi) is 3.45. The Morgan fingerprint density at radius 3 is 2.74 bits per heavy atom. The first-order chi connectivity index (χ1) is 8.75. The van der Waals surface area contributed by atoms with Gasteiger partial charge < -0.3 is 15.3 Å². The van der Waals surface area contributed by atoms with Gasteiger partial charge >= 0.3 is 0 Å². The molecular formula is C15H22O4. The Balaban J connectivity index is 2.50. The van der Waals surface area contributed by atoms with Crippen LogP contribution in [0.2, 0.25) is 0 Å². The number of carbonyl (C=O) groups excluding carboxylic acids is 1. The van der Waals surface area contributed by atoms with Gasteiger partial charge in [0.15, 0.2) is 11.4 Å². The Bertz CT molecular complexity index is 453. The van der Waals surface area contributed by atoms with Gasteiger partial charge in [-0.1, -0.05) is 20.4 Å². The summed E-state index contributed by atoms with van der Waals surface area (Å²) in [6.45, 7) is 7.23. The first-order valence-corrected chi connectivity index (χ1v) is 6.71. The second-order valence-electron chi connectivity index (χ2n) is 6.17. The maximum absolute atomic E-state index is 12.2. The zero-order valence-corrected chi connectivity index (χ0v) is 11.5. The first-order valence-electron chi connectivity index (χ1n) is 6.71. The van der Waals surface area contributed by atoms with E-state index < -0.39 is 29.5 Å². The average Bonchev–Trinajstić information content (AvgIpc) is 2.37. The third-order valence-electron chi connectivity index (χ3n) is 5.07. The number of aliphatic hydroxyl groups excluding tert-OH is 2. The number of rotatable bonds is 2. The fraction of sp³-hybridized carbons (Fsp3) is 0.667. The highest BCUT2D eigenvalue weighted by Gasteiger charge is 2.53. The topological polar surface area (TPSA) is 77.8 Å². The Hall–Kier alpha value is -0.970. The van der Waals surface area contributed by atoms with Gasteiger partial charge in [0.05, 0.1) is 12.7 Å². The number of aliphatic hydroxyl groups is 3. The van der Waals surface area contributed by atoms with E-state index in [-0.39, 0.29) is 17.9 Å². The Labute approximate surface area is 113 Å². The van der Waals surface area contributed by atoms with Crippen molar-refractivity contribution in [1.29, 1.82) is 0 Å². The van der Waals surface area contributed by atoms with Crippen molar-refractivity contribution in [3.63, 3.8) is 0 Å². The lowest BCUT2D eigenvalue weighted by atomic mass is 9.55. The minimum Gasteiger partial charge on any atom is -0.392 e. The second kappa shape index (κ2) is 4.54. The molecule has 2 aliphatic carbocycles. The fourth-order valence-corrected chi connectivity index (χ4v) is 3.39. The van der Waals surface area contributed by atoms with Gasteiger partial charge in [-0.05, 0) is 47.8 Å². The molecule has 0 aliphatic heterocycles. The monoisotopic (exact) mass is 266 g/mol. The molecule has 4 heteroatoms. The highest BCUT2D eigenvalue weighted by molar-refractivity contribution is 6.01. The third kappa shape index (κ3) is 1.98. The summed E-state index contributed by atoms with van der Waals surface area (Å²) in [7, 11) is 0. The summed E-state index contributed by atoms with van der Waals surface area (Å²) < 4.78 is 0. The van der Waals surface area contributed by atoms with Gasteiger partial charge in [0.1, 0.15) is 0 Å². The summed E-state index contributed by atoms with van der Waals surface area (Å²) in [5.74, 6) is -0.222. The van der Waals surface area contributed by atoms with Crippen LogP contribution < -0.4 is 0 Å². The SMILES string of the molecule is C=C(CO)[C@@]1(O)C[C@]2(C)C(=CC1=O)[C@@H](O)CC[C@H]2C. The second-order valence-corrected chi connectivity index (χ2v) is 6.17. The van der Waals surface area contributed by atoms with Crippen LogP contribution in [0.3, 0.4) is 0 Å². The van der Waals surface area contributed by atoms with Crippen molar-refractivity contribution in [2.45, 2.75) is 44.8 Å². The molecule has 1 fully saturated rings. The zero-order chi connectivity index (χ0) is 14.4. The largest absolute Gasteiger partial charge is 0.392 e. The van der Waals surface area contributed by atoms with Crippen molar-refractivity contribution in [1.82, 2.24) is 0 Å². The van der Waals surface area contributed by atoms with E-state index in [9.17, 15) is 20.1 Å². The van der Waals surface area contributed by atoms with Crippen LogP contribution in [0.1, 0.15) is 33.1 Å². The van der Waals surface area contributed by atoms with Crippen molar-refractivity contribution in [3.8, 4) is 0 Å². The molecule has 19 heavy (non-hydrogen) atoms. The quantitative estimate of drug-likeness (QED) is 0.651. The Morgan fingerprint density at radius 2 is 2.16 bits per heavy atom. The van der Waals surface area contributed by atoms with Crippen LogP contribution in [0.25, 0.3) is 0 Å². The van der Waals surface area contributed by atoms with Crippen LogP contribution in [0.15, 0.2) is 23.8 Å². The molecule has 0 aromatic rings. The number of hydrogen-bond acceptors (Lipinski definition) is 4. The summed E-state index contributed by atoms with van der Waals surface area (Å²) in [4.78, 5) is 12.2. The lowest BCUT2D eigenvalue weighted by molar-refractivity contribution is -0.135. The van der Waals surface area contributed by atoms with Gasteiger partial charge in [0.2, 0.25) is 0 Å². The normalized spacial score (nSPS) is 42.6. The average molecular weight is 266 g/mol. The summed E-state index contributed by atoms with van der Waals surface area (Å²) in [5, 5.41) is 29.9. The van der Waals surface area contributed by atoms with Gasteiger partial charge in [0.25, 0.3) is 0 Å². The van der Waals surface area contributed by atoms with Crippen LogP contribution >= 0.6 is 0 Å². The van der Waals surface area contributed by atoms with E-state index in [0.29, 0.717) is 12.0 Å². The molecule has 0 bridgehead atoms. The maximum Gasteiger partial charge on any atom is 0.191 e. The van der Waals surface area contributed by atoms with Crippen LogP contribution in [0.5, 0.6) is 0 Å². The minimum atomic E-state index is -1.71. The predicted molar refractivity (Wildman–Crippen MR) is 71.4 cm³/mol. The molecule has 0 amide bonds. The van der Waals surface area contributed by atoms with Gasteiger partial charge in [-0.15, -0.1) is 0 Å². The minimum absolute atomic E-state index is 0.126.